The van der Waals surface area contributed by atoms with Crippen molar-refractivity contribution in [1.82, 2.24) is 0 Å². The van der Waals surface area contributed by atoms with Gasteiger partial charge in [-0.3, -0.25) is 4.79 Å². The van der Waals surface area contributed by atoms with Gasteiger partial charge in [-0.05, 0) is 32.6 Å². The lowest BCUT2D eigenvalue weighted by molar-refractivity contribution is 0.102. The van der Waals surface area contributed by atoms with Crippen LogP contribution in [0.15, 0.2) is 0 Å². The largest absolute Gasteiger partial charge is 0.486 e. The molecule has 0 unspecified atom stereocenters. The van der Waals surface area contributed by atoms with Gasteiger partial charge in [0.25, 0.3) is 0 Å². The summed E-state index contributed by atoms with van der Waals surface area (Å²) in [5.74, 6) is 0.991. The Balaban J connectivity index is 2.29. The van der Waals surface area contributed by atoms with Crippen LogP contribution in [0.1, 0.15) is 43.3 Å². The number of Topliss-reactive ketones (excluding diaryl/α,β-unsaturated/α-hetero) is 1. The molecule has 1 saturated heterocycles. The molecule has 6 heteroatoms. The summed E-state index contributed by atoms with van der Waals surface area (Å²) in [6, 6.07) is 0. The zero-order valence-electron chi connectivity index (χ0n) is 12.9. The van der Waals surface area contributed by atoms with Crippen LogP contribution in [0.5, 0.6) is 5.75 Å². The predicted octanol–water partition coefficient (Wildman–Crippen LogP) is 2.53. The van der Waals surface area contributed by atoms with E-state index in [1.807, 2.05) is 13.8 Å². The van der Waals surface area contributed by atoms with Gasteiger partial charge in [0.1, 0.15) is 5.00 Å². The Morgan fingerprint density at radius 3 is 2.57 bits per heavy atom. The second-order valence-corrected chi connectivity index (χ2v) is 6.81. The molecule has 2 heterocycles. The van der Waals surface area contributed by atoms with E-state index in [0.717, 1.165) is 30.9 Å². The SMILES string of the molecule is CC(=O)c1sc(N2CCC(CO)CC2)c(OC(C)C)c1N. The second kappa shape index (κ2) is 6.66. The standard InChI is InChI=1S/C15H24N2O3S/c1-9(2)20-13-12(16)14(10(3)19)21-15(13)17-6-4-11(8-18)5-7-17/h9,11,18H,4-8,16H2,1-3H3. The molecular formula is C15H24N2O3S. The number of aliphatic hydroxyl groups excluding tert-OH is 1. The lowest BCUT2D eigenvalue weighted by atomic mass is 9.98. The Morgan fingerprint density at radius 1 is 1.48 bits per heavy atom. The topological polar surface area (TPSA) is 75.8 Å². The number of nitrogens with two attached hydrogens (primary N) is 1. The summed E-state index contributed by atoms with van der Waals surface area (Å²) in [4.78, 5) is 14.5. The molecular weight excluding hydrogens is 288 g/mol. The third-order valence-electron chi connectivity index (χ3n) is 3.72. The fourth-order valence-electron chi connectivity index (χ4n) is 2.55. The first-order chi connectivity index (χ1) is 9.93. The molecule has 1 aromatic heterocycles. The lowest BCUT2D eigenvalue weighted by Gasteiger charge is -2.32. The van der Waals surface area contributed by atoms with Crippen molar-refractivity contribution in [3.63, 3.8) is 0 Å². The number of ether oxygens (including phenoxy) is 1. The third kappa shape index (κ3) is 3.49. The Bertz CT molecular complexity index is 505. The second-order valence-electron chi connectivity index (χ2n) is 5.81. The molecule has 0 radical (unpaired) electrons. The van der Waals surface area contributed by atoms with E-state index in [1.165, 1.54) is 18.3 Å². The first-order valence-corrected chi connectivity index (χ1v) is 8.21. The Morgan fingerprint density at radius 2 is 2.10 bits per heavy atom. The van der Waals surface area contributed by atoms with Gasteiger partial charge in [-0.25, -0.2) is 0 Å². The van der Waals surface area contributed by atoms with Crippen molar-refractivity contribution in [2.24, 2.45) is 5.92 Å². The maximum atomic E-state index is 11.7. The molecule has 0 saturated carbocycles. The van der Waals surface area contributed by atoms with E-state index >= 15 is 0 Å². The summed E-state index contributed by atoms with van der Waals surface area (Å²) in [7, 11) is 0. The van der Waals surface area contributed by atoms with Crippen LogP contribution >= 0.6 is 11.3 Å². The van der Waals surface area contributed by atoms with Gasteiger partial charge in [0.05, 0.1) is 16.7 Å². The van der Waals surface area contributed by atoms with Crippen LogP contribution in [0.25, 0.3) is 0 Å². The quantitative estimate of drug-likeness (QED) is 0.817. The maximum absolute atomic E-state index is 11.7. The molecule has 1 aliphatic heterocycles. The van der Waals surface area contributed by atoms with Crippen LogP contribution in [0, 0.1) is 5.92 Å². The van der Waals surface area contributed by atoms with Crippen molar-refractivity contribution in [1.29, 1.82) is 0 Å². The Labute approximate surface area is 129 Å². The van der Waals surface area contributed by atoms with Crippen LogP contribution in [-0.4, -0.2) is 36.7 Å². The average Bonchev–Trinajstić information content (AvgIpc) is 2.76. The average molecular weight is 312 g/mol. The molecule has 21 heavy (non-hydrogen) atoms. The highest BCUT2D eigenvalue weighted by atomic mass is 32.1. The molecule has 5 nitrogen and oxygen atoms in total. The summed E-state index contributed by atoms with van der Waals surface area (Å²) < 4.78 is 5.86. The molecule has 1 aromatic rings. The normalized spacial score (nSPS) is 16.5. The molecule has 0 aromatic carbocycles. The molecule has 0 aliphatic carbocycles. The van der Waals surface area contributed by atoms with E-state index in [-0.39, 0.29) is 18.5 Å². The van der Waals surface area contributed by atoms with Gasteiger partial charge in [0.15, 0.2) is 11.5 Å². The van der Waals surface area contributed by atoms with E-state index in [0.29, 0.717) is 22.2 Å². The molecule has 2 rings (SSSR count). The van der Waals surface area contributed by atoms with Gasteiger partial charge in [-0.15, -0.1) is 11.3 Å². The van der Waals surface area contributed by atoms with Crippen LogP contribution in [0.4, 0.5) is 10.7 Å². The number of thiophene rings is 1. The fraction of sp³-hybridized carbons (Fsp3) is 0.667. The number of carbonyl (C=O) groups is 1. The summed E-state index contributed by atoms with van der Waals surface area (Å²) >= 11 is 1.42. The minimum Gasteiger partial charge on any atom is -0.486 e. The molecule has 0 spiro atoms. The van der Waals surface area contributed by atoms with Crippen molar-refractivity contribution < 1.29 is 14.6 Å². The molecule has 0 amide bonds. The van der Waals surface area contributed by atoms with Crippen molar-refractivity contribution in [2.45, 2.75) is 39.7 Å². The number of ketones is 1. The Kier molecular flexibility index (Phi) is 5.11. The van der Waals surface area contributed by atoms with Gasteiger partial charge in [0, 0.05) is 26.6 Å². The van der Waals surface area contributed by atoms with Crippen LogP contribution in [0.3, 0.4) is 0 Å². The van der Waals surface area contributed by atoms with Crippen molar-refractivity contribution in [3.8, 4) is 5.75 Å². The van der Waals surface area contributed by atoms with E-state index < -0.39 is 0 Å². The van der Waals surface area contributed by atoms with Crippen molar-refractivity contribution in [2.75, 3.05) is 30.3 Å². The molecule has 0 atom stereocenters. The molecule has 1 aliphatic rings. The van der Waals surface area contributed by atoms with Gasteiger partial charge < -0.3 is 20.5 Å². The summed E-state index contributed by atoms with van der Waals surface area (Å²) in [6.45, 7) is 7.39. The molecule has 1 fully saturated rings. The number of carbonyl (C=O) groups excluding carboxylic acids is 1. The minimum atomic E-state index is -0.0254. The summed E-state index contributed by atoms with van der Waals surface area (Å²) in [5.41, 5.74) is 6.57. The van der Waals surface area contributed by atoms with Crippen LogP contribution < -0.4 is 15.4 Å². The highest BCUT2D eigenvalue weighted by Gasteiger charge is 2.27. The van der Waals surface area contributed by atoms with Crippen molar-refractivity contribution >= 4 is 27.8 Å². The van der Waals surface area contributed by atoms with Crippen molar-refractivity contribution in [3.05, 3.63) is 4.88 Å². The summed E-state index contributed by atoms with van der Waals surface area (Å²) in [6.07, 6.45) is 1.91. The highest BCUT2D eigenvalue weighted by molar-refractivity contribution is 7.19. The van der Waals surface area contributed by atoms with Gasteiger partial charge in [0.2, 0.25) is 0 Å². The summed E-state index contributed by atoms with van der Waals surface area (Å²) in [5, 5.41) is 10.2. The van der Waals surface area contributed by atoms with Gasteiger partial charge >= 0.3 is 0 Å². The van der Waals surface area contributed by atoms with E-state index in [1.54, 1.807) is 0 Å². The molecule has 118 valence electrons. The number of aliphatic hydroxyl groups is 1. The number of piperidine rings is 1. The number of nitrogen functional groups attached to an aromatic ring is 1. The number of anilines is 2. The van der Waals surface area contributed by atoms with E-state index in [4.69, 9.17) is 10.5 Å². The number of rotatable bonds is 5. The minimum absolute atomic E-state index is 0.00967. The first kappa shape index (κ1) is 16.1. The Hall–Kier alpha value is -1.27. The van der Waals surface area contributed by atoms with Gasteiger partial charge in [-0.1, -0.05) is 0 Å². The smallest absolute Gasteiger partial charge is 0.177 e. The van der Waals surface area contributed by atoms with Crippen LogP contribution in [-0.2, 0) is 0 Å². The van der Waals surface area contributed by atoms with E-state index in [9.17, 15) is 9.90 Å². The van der Waals surface area contributed by atoms with E-state index in [2.05, 4.69) is 4.90 Å². The van der Waals surface area contributed by atoms with Gasteiger partial charge in [-0.2, -0.15) is 0 Å². The predicted molar refractivity (Wildman–Crippen MR) is 86.5 cm³/mol. The monoisotopic (exact) mass is 312 g/mol. The number of hydrogen-bond donors (Lipinski definition) is 2. The number of hydrogen-bond acceptors (Lipinski definition) is 6. The zero-order chi connectivity index (χ0) is 15.6. The number of nitrogens with zero attached hydrogens (tertiary/aromatic N) is 1. The zero-order valence-corrected chi connectivity index (χ0v) is 13.7. The lowest BCUT2D eigenvalue weighted by Crippen LogP contribution is -2.34. The maximum Gasteiger partial charge on any atom is 0.177 e. The highest BCUT2D eigenvalue weighted by Crippen LogP contribution is 2.46. The van der Waals surface area contributed by atoms with Crippen LogP contribution in [0.2, 0.25) is 0 Å². The fourth-order valence-corrected chi connectivity index (χ4v) is 3.66. The first-order valence-electron chi connectivity index (χ1n) is 7.39. The third-order valence-corrected chi connectivity index (χ3v) is 5.06. The molecule has 0 bridgehead atoms. The molecule has 3 N–H and O–H groups in total.